The topological polar surface area (TPSA) is 73.5 Å². The van der Waals surface area contributed by atoms with Crippen molar-refractivity contribution in [2.45, 2.75) is 56.5 Å². The number of para-hydroxylation sites is 1. The molecule has 1 aliphatic carbocycles. The monoisotopic (exact) mass is 570 g/mol. The molecule has 2 fully saturated rings. The predicted molar refractivity (Wildman–Crippen MR) is 164 cm³/mol. The maximum Gasteiger partial charge on any atom is 0.245 e. The van der Waals surface area contributed by atoms with Crippen LogP contribution in [0.5, 0.6) is 0 Å². The first-order valence-electron chi connectivity index (χ1n) is 15.0. The highest BCUT2D eigenvalue weighted by Crippen LogP contribution is 2.35. The number of piperidine rings is 1. The van der Waals surface area contributed by atoms with Crippen molar-refractivity contribution < 1.29 is 9.59 Å². The fourth-order valence-electron chi connectivity index (χ4n) is 6.27. The Morgan fingerprint density at radius 2 is 1.61 bits per heavy atom. The van der Waals surface area contributed by atoms with Gasteiger partial charge < -0.3 is 20.9 Å². The standard InChI is InChI=1S/C34H39ClN4O2/c35-27-13-11-23(12-14-27)21-31(38-33(40)32-29-7-2-1-5-25(29)15-18-36-32)34(41)39-19-16-26(17-20-39)28-6-3-4-8-30(28)37-22-24-9-10-24/h1-8,11-14,24,26,31-32,36-37H,9-10,15-22H2,(H,38,40)/t31-,32?/m1/s1. The van der Waals surface area contributed by atoms with Crippen LogP contribution in [0.3, 0.4) is 0 Å². The normalized spacial score (nSPS) is 19.7. The molecule has 7 heteroatoms. The molecule has 2 heterocycles. The number of halogens is 1. The van der Waals surface area contributed by atoms with Crippen LogP contribution in [-0.4, -0.2) is 48.9 Å². The number of amides is 2. The summed E-state index contributed by atoms with van der Waals surface area (Å²) >= 11 is 6.12. The minimum absolute atomic E-state index is 0.0176. The summed E-state index contributed by atoms with van der Waals surface area (Å²) in [5, 5.41) is 10.8. The number of fused-ring (bicyclic) bond motifs is 1. The van der Waals surface area contributed by atoms with Gasteiger partial charge in [-0.2, -0.15) is 0 Å². The van der Waals surface area contributed by atoms with Crippen LogP contribution < -0.4 is 16.0 Å². The summed E-state index contributed by atoms with van der Waals surface area (Å²) in [4.78, 5) is 29.5. The van der Waals surface area contributed by atoms with E-state index >= 15 is 0 Å². The summed E-state index contributed by atoms with van der Waals surface area (Å²) in [7, 11) is 0. The number of benzene rings is 3. The van der Waals surface area contributed by atoms with Gasteiger partial charge in [0.05, 0.1) is 0 Å². The molecular weight excluding hydrogens is 532 g/mol. The van der Waals surface area contributed by atoms with E-state index in [4.69, 9.17) is 11.6 Å². The highest BCUT2D eigenvalue weighted by atomic mass is 35.5. The maximum atomic E-state index is 14.0. The van der Waals surface area contributed by atoms with Crippen LogP contribution in [-0.2, 0) is 22.4 Å². The van der Waals surface area contributed by atoms with Crippen molar-refractivity contribution in [1.82, 2.24) is 15.5 Å². The lowest BCUT2D eigenvalue weighted by Gasteiger charge is -2.36. The highest BCUT2D eigenvalue weighted by Gasteiger charge is 2.33. The van der Waals surface area contributed by atoms with E-state index in [0.29, 0.717) is 30.5 Å². The quantitative estimate of drug-likeness (QED) is 0.318. The zero-order valence-electron chi connectivity index (χ0n) is 23.5. The number of hydrogen-bond acceptors (Lipinski definition) is 4. The first-order valence-corrected chi connectivity index (χ1v) is 15.4. The molecule has 2 atom stereocenters. The molecule has 3 N–H and O–H groups in total. The third kappa shape index (κ3) is 6.77. The number of nitrogens with one attached hydrogen (secondary N) is 3. The van der Waals surface area contributed by atoms with Crippen molar-refractivity contribution in [3.05, 3.63) is 100 Å². The molecule has 0 aromatic heterocycles. The van der Waals surface area contributed by atoms with Gasteiger partial charge in [-0.3, -0.25) is 9.59 Å². The van der Waals surface area contributed by atoms with Crippen LogP contribution in [0.25, 0.3) is 0 Å². The van der Waals surface area contributed by atoms with E-state index in [0.717, 1.165) is 49.4 Å². The van der Waals surface area contributed by atoms with E-state index in [1.54, 1.807) is 0 Å². The summed E-state index contributed by atoms with van der Waals surface area (Å²) in [6.07, 6.45) is 5.78. The number of likely N-dealkylation sites (tertiary alicyclic amines) is 1. The first kappa shape index (κ1) is 27.8. The van der Waals surface area contributed by atoms with Gasteiger partial charge in [-0.15, -0.1) is 0 Å². The van der Waals surface area contributed by atoms with Crippen LogP contribution in [0, 0.1) is 5.92 Å². The van der Waals surface area contributed by atoms with Gasteiger partial charge in [0.1, 0.15) is 12.1 Å². The second-order valence-corrected chi connectivity index (χ2v) is 12.2. The number of hydrogen-bond donors (Lipinski definition) is 3. The molecular formula is C34H39ClN4O2. The first-order chi connectivity index (χ1) is 20.0. The number of anilines is 1. The van der Waals surface area contributed by atoms with Crippen molar-refractivity contribution in [2.75, 3.05) is 31.5 Å². The second-order valence-electron chi connectivity index (χ2n) is 11.7. The molecule has 1 unspecified atom stereocenters. The smallest absolute Gasteiger partial charge is 0.245 e. The number of rotatable bonds is 9. The minimum Gasteiger partial charge on any atom is -0.385 e. The average Bonchev–Trinajstić information content (AvgIpc) is 3.85. The molecule has 1 saturated carbocycles. The molecule has 2 aliphatic heterocycles. The van der Waals surface area contributed by atoms with Crippen LogP contribution in [0.15, 0.2) is 72.8 Å². The maximum absolute atomic E-state index is 14.0. The van der Waals surface area contributed by atoms with E-state index in [1.165, 1.54) is 29.7 Å². The van der Waals surface area contributed by atoms with Gasteiger partial charge in [-0.1, -0.05) is 66.2 Å². The fourth-order valence-corrected chi connectivity index (χ4v) is 6.40. The van der Waals surface area contributed by atoms with Crippen molar-refractivity contribution >= 4 is 29.1 Å². The summed E-state index contributed by atoms with van der Waals surface area (Å²) < 4.78 is 0. The zero-order chi connectivity index (χ0) is 28.2. The SMILES string of the molecule is O=C(N[C@H](Cc1ccc(Cl)cc1)C(=O)N1CCC(c2ccccc2NCC2CC2)CC1)C1NCCc2ccccc21. The number of nitrogens with zero attached hydrogens (tertiary/aromatic N) is 1. The summed E-state index contributed by atoms with van der Waals surface area (Å²) in [6.45, 7) is 3.13. The Balaban J connectivity index is 1.15. The van der Waals surface area contributed by atoms with Gasteiger partial charge in [-0.05, 0) is 84.4 Å². The predicted octanol–water partition coefficient (Wildman–Crippen LogP) is 5.48. The van der Waals surface area contributed by atoms with E-state index in [-0.39, 0.29) is 11.8 Å². The molecule has 6 nitrogen and oxygen atoms in total. The molecule has 2 amide bonds. The van der Waals surface area contributed by atoms with Gasteiger partial charge >= 0.3 is 0 Å². The largest absolute Gasteiger partial charge is 0.385 e. The lowest BCUT2D eigenvalue weighted by molar-refractivity contribution is -0.137. The average molecular weight is 571 g/mol. The van der Waals surface area contributed by atoms with Crippen molar-refractivity contribution in [3.8, 4) is 0 Å². The number of carbonyl (C=O) groups excluding carboxylic acids is 2. The van der Waals surface area contributed by atoms with Gasteiger partial charge in [-0.25, -0.2) is 0 Å². The lowest BCUT2D eigenvalue weighted by Crippen LogP contribution is -2.54. The molecule has 41 heavy (non-hydrogen) atoms. The number of carbonyl (C=O) groups is 2. The minimum atomic E-state index is -0.649. The van der Waals surface area contributed by atoms with Crippen LogP contribution in [0.1, 0.15) is 59.9 Å². The van der Waals surface area contributed by atoms with Crippen LogP contribution in [0.4, 0.5) is 5.69 Å². The van der Waals surface area contributed by atoms with Crippen LogP contribution >= 0.6 is 11.6 Å². The summed E-state index contributed by atoms with van der Waals surface area (Å²) in [6, 6.07) is 23.1. The molecule has 6 rings (SSSR count). The molecule has 214 valence electrons. The van der Waals surface area contributed by atoms with E-state index in [2.05, 4.69) is 46.3 Å². The van der Waals surface area contributed by atoms with Crippen molar-refractivity contribution in [3.63, 3.8) is 0 Å². The fraction of sp³-hybridized carbons (Fsp3) is 0.412. The van der Waals surface area contributed by atoms with E-state index < -0.39 is 12.1 Å². The molecule has 3 aromatic rings. The second kappa shape index (κ2) is 12.7. The van der Waals surface area contributed by atoms with Crippen LogP contribution in [0.2, 0.25) is 5.02 Å². The summed E-state index contributed by atoms with van der Waals surface area (Å²) in [5.41, 5.74) is 5.73. The van der Waals surface area contributed by atoms with Gasteiger partial charge in [0.2, 0.25) is 11.8 Å². The summed E-state index contributed by atoms with van der Waals surface area (Å²) in [5.74, 6) is 1.05. The Bertz CT molecular complexity index is 1370. The Labute approximate surface area is 247 Å². The van der Waals surface area contributed by atoms with E-state index in [9.17, 15) is 9.59 Å². The Kier molecular flexibility index (Phi) is 8.59. The third-order valence-electron chi connectivity index (χ3n) is 8.82. The van der Waals surface area contributed by atoms with Gasteiger partial charge in [0.15, 0.2) is 0 Å². The zero-order valence-corrected chi connectivity index (χ0v) is 24.2. The third-order valence-corrected chi connectivity index (χ3v) is 9.08. The molecule has 3 aliphatic rings. The molecule has 1 saturated heterocycles. The van der Waals surface area contributed by atoms with Crippen molar-refractivity contribution in [1.29, 1.82) is 0 Å². The van der Waals surface area contributed by atoms with E-state index in [1.807, 2.05) is 47.4 Å². The lowest BCUT2D eigenvalue weighted by atomic mass is 9.87. The van der Waals surface area contributed by atoms with Gasteiger partial charge in [0, 0.05) is 43.3 Å². The van der Waals surface area contributed by atoms with Gasteiger partial charge in [0.25, 0.3) is 0 Å². The molecule has 3 aromatic carbocycles. The Hall–Kier alpha value is -3.35. The molecule has 0 spiro atoms. The molecule has 0 bridgehead atoms. The Morgan fingerprint density at radius 1 is 0.902 bits per heavy atom. The van der Waals surface area contributed by atoms with Crippen molar-refractivity contribution in [2.24, 2.45) is 5.92 Å². The Morgan fingerprint density at radius 3 is 2.37 bits per heavy atom. The molecule has 0 radical (unpaired) electrons. The highest BCUT2D eigenvalue weighted by molar-refractivity contribution is 6.30.